The van der Waals surface area contributed by atoms with Crippen molar-refractivity contribution in [1.29, 1.82) is 0 Å². The van der Waals surface area contributed by atoms with E-state index in [-0.39, 0.29) is 19.5 Å². The minimum atomic E-state index is 0. The average Bonchev–Trinajstić information content (AvgIpc) is 3.30. The molecule has 65 heavy (non-hydrogen) atoms. The molecule has 7 heteroatoms. The Kier molecular flexibility index (Phi) is 34.1. The number of rotatable bonds is 32. The van der Waals surface area contributed by atoms with Crippen molar-refractivity contribution in [2.45, 2.75) is 207 Å². The Morgan fingerprint density at radius 1 is 0.323 bits per heavy atom. The molecular weight excluding hydrogens is 918 g/mol. The van der Waals surface area contributed by atoms with E-state index in [9.17, 15) is 0 Å². The molecule has 0 saturated carbocycles. The van der Waals surface area contributed by atoms with Gasteiger partial charge in [0.1, 0.15) is 0 Å². The fourth-order valence-corrected chi connectivity index (χ4v) is 9.58. The van der Waals surface area contributed by atoms with Crippen molar-refractivity contribution in [3.8, 4) is 0 Å². The quantitative estimate of drug-likeness (QED) is 0.0207. The SMILES string of the molecule is CCCCCCCCc1ccccc1N(C(=S)[S-])c1ccccc1CCCCCCCC.CCCCCCCCc1ccccc1N(C(=S)[S-])c1ccccc1CCCCCCCC.[Zn+2]. The standard InChI is InChI=1S/2C29H43NS2.Zn/c2*1-3-5-7-9-11-13-19-25-21-15-17-23-27(25)30(29(31)32)28-24-18-16-22-26(28)20-14-12-10-8-6-4-2;/h2*15-18,21-24H,3-14,19-20H2,1-2H3,(H,31,32);/q;;+2/p-2. The molecule has 0 bridgehead atoms. The zero-order chi connectivity index (χ0) is 46.0. The molecule has 0 N–H and O–H groups in total. The van der Waals surface area contributed by atoms with Crippen LogP contribution in [0, 0.1) is 0 Å². The third-order valence-corrected chi connectivity index (χ3v) is 13.2. The Balaban J connectivity index is 0.000000440. The van der Waals surface area contributed by atoms with Crippen LogP contribution in [0.15, 0.2) is 97.1 Å². The first-order valence-corrected chi connectivity index (χ1v) is 27.3. The molecule has 0 saturated heterocycles. The van der Waals surface area contributed by atoms with Gasteiger partial charge in [0.05, 0.1) is 0 Å². The van der Waals surface area contributed by atoms with Crippen LogP contribution >= 0.6 is 24.4 Å². The van der Waals surface area contributed by atoms with E-state index < -0.39 is 0 Å². The molecule has 0 aliphatic heterocycles. The molecule has 352 valence electrons. The zero-order valence-corrected chi connectivity index (χ0v) is 47.5. The van der Waals surface area contributed by atoms with Gasteiger partial charge in [-0.05, 0) is 97.9 Å². The number of hydrogen-bond donors (Lipinski definition) is 0. The number of nitrogens with zero attached hydrogens (tertiary/aromatic N) is 2. The normalized spacial score (nSPS) is 10.8. The van der Waals surface area contributed by atoms with Gasteiger partial charge in [-0.1, -0.05) is 238 Å². The Labute approximate surface area is 433 Å². The molecule has 0 aliphatic carbocycles. The molecule has 0 spiro atoms. The summed E-state index contributed by atoms with van der Waals surface area (Å²) in [4.78, 5) is 4.28. The summed E-state index contributed by atoms with van der Waals surface area (Å²) in [6.07, 6.45) is 35.7. The molecule has 2 nitrogen and oxygen atoms in total. The third kappa shape index (κ3) is 23.1. The largest absolute Gasteiger partial charge is 2.00 e. The van der Waals surface area contributed by atoms with E-state index >= 15 is 0 Å². The van der Waals surface area contributed by atoms with Gasteiger partial charge in [0.25, 0.3) is 0 Å². The van der Waals surface area contributed by atoms with Crippen molar-refractivity contribution >= 4 is 81.1 Å². The van der Waals surface area contributed by atoms with E-state index in [1.165, 1.54) is 176 Å². The second kappa shape index (κ2) is 37.7. The van der Waals surface area contributed by atoms with Crippen LogP contribution in [0.4, 0.5) is 22.7 Å². The summed E-state index contributed by atoms with van der Waals surface area (Å²) in [7, 11) is 0. The van der Waals surface area contributed by atoms with E-state index in [1.54, 1.807) is 0 Å². The van der Waals surface area contributed by atoms with Crippen LogP contribution in [0.5, 0.6) is 0 Å². The first-order valence-electron chi connectivity index (χ1n) is 25.7. The summed E-state index contributed by atoms with van der Waals surface area (Å²) < 4.78 is 1.02. The molecule has 4 rings (SSSR count). The van der Waals surface area contributed by atoms with Gasteiger partial charge < -0.3 is 59.5 Å². The third-order valence-electron chi connectivity index (χ3n) is 12.5. The predicted octanol–water partition coefficient (Wildman–Crippen LogP) is 18.9. The number of para-hydroxylation sites is 4. The van der Waals surface area contributed by atoms with E-state index in [0.29, 0.717) is 8.64 Å². The van der Waals surface area contributed by atoms with Crippen molar-refractivity contribution in [3.05, 3.63) is 119 Å². The average molecular weight is 1000 g/mol. The molecule has 0 radical (unpaired) electrons. The Morgan fingerprint density at radius 3 is 0.708 bits per heavy atom. The number of aryl methyl sites for hydroxylation is 4. The number of unbranched alkanes of at least 4 members (excludes halogenated alkanes) is 20. The molecule has 4 aromatic rings. The van der Waals surface area contributed by atoms with Gasteiger partial charge in [0, 0.05) is 22.7 Å². The van der Waals surface area contributed by atoms with Crippen LogP contribution in [0.25, 0.3) is 0 Å². The molecule has 4 aromatic carbocycles. The van der Waals surface area contributed by atoms with Gasteiger partial charge in [-0.15, -0.1) is 0 Å². The van der Waals surface area contributed by atoms with Crippen LogP contribution < -0.4 is 9.80 Å². The van der Waals surface area contributed by atoms with Crippen molar-refractivity contribution in [1.82, 2.24) is 0 Å². The zero-order valence-electron chi connectivity index (χ0n) is 41.3. The molecule has 0 aromatic heterocycles. The van der Waals surface area contributed by atoms with E-state index in [4.69, 9.17) is 49.7 Å². The summed E-state index contributed by atoms with van der Waals surface area (Å²) in [6, 6.07) is 34.7. The smallest absolute Gasteiger partial charge is 0.411 e. The van der Waals surface area contributed by atoms with Crippen molar-refractivity contribution in [2.75, 3.05) is 9.80 Å². The van der Waals surface area contributed by atoms with E-state index in [1.807, 2.05) is 0 Å². The number of benzene rings is 4. The molecule has 0 heterocycles. The summed E-state index contributed by atoms with van der Waals surface area (Å²) in [5.74, 6) is 0. The molecule has 0 fully saturated rings. The molecule has 0 atom stereocenters. The van der Waals surface area contributed by atoms with Gasteiger partial charge in [0.15, 0.2) is 0 Å². The summed E-state index contributed by atoms with van der Waals surface area (Å²) in [5, 5.41) is 0. The van der Waals surface area contributed by atoms with Crippen LogP contribution in [0.2, 0.25) is 0 Å². The van der Waals surface area contributed by atoms with E-state index in [0.717, 1.165) is 48.4 Å². The summed E-state index contributed by atoms with van der Waals surface area (Å²) in [6.45, 7) is 9.08. The summed E-state index contributed by atoms with van der Waals surface area (Å²) >= 11 is 22.4. The molecule has 0 amide bonds. The monoisotopic (exact) mass is 1000 g/mol. The van der Waals surface area contributed by atoms with Gasteiger partial charge in [-0.3, -0.25) is 0 Å². The first kappa shape index (κ1) is 58.8. The molecular formula is C58H84N2S4Zn. The van der Waals surface area contributed by atoms with Gasteiger partial charge >= 0.3 is 19.5 Å². The maximum absolute atomic E-state index is 5.61. The van der Waals surface area contributed by atoms with Crippen LogP contribution in [-0.2, 0) is 70.4 Å². The Hall–Kier alpha value is -2.28. The molecule has 0 unspecified atom stereocenters. The Morgan fingerprint density at radius 2 is 0.508 bits per heavy atom. The van der Waals surface area contributed by atoms with Gasteiger partial charge in [0.2, 0.25) is 0 Å². The van der Waals surface area contributed by atoms with Crippen LogP contribution in [0.3, 0.4) is 0 Å². The summed E-state index contributed by atoms with van der Waals surface area (Å²) in [5.41, 5.74) is 10.1. The number of anilines is 4. The van der Waals surface area contributed by atoms with Crippen molar-refractivity contribution < 1.29 is 19.5 Å². The molecule has 0 aliphatic rings. The number of thiocarbonyl (C=S) groups is 2. The second-order valence-electron chi connectivity index (χ2n) is 17.8. The number of hydrogen-bond acceptors (Lipinski definition) is 4. The minimum absolute atomic E-state index is 0. The van der Waals surface area contributed by atoms with Crippen molar-refractivity contribution in [2.24, 2.45) is 0 Å². The maximum atomic E-state index is 5.61. The van der Waals surface area contributed by atoms with Crippen LogP contribution in [-0.4, -0.2) is 8.64 Å². The topological polar surface area (TPSA) is 6.48 Å². The minimum Gasteiger partial charge on any atom is -0.411 e. The van der Waals surface area contributed by atoms with Gasteiger partial charge in [-0.2, -0.15) is 0 Å². The van der Waals surface area contributed by atoms with Gasteiger partial charge in [-0.25, -0.2) is 0 Å². The predicted molar refractivity (Wildman–Crippen MR) is 298 cm³/mol. The maximum Gasteiger partial charge on any atom is 2.00 e. The Bertz CT molecular complexity index is 1590. The fraction of sp³-hybridized carbons (Fsp3) is 0.552. The van der Waals surface area contributed by atoms with Crippen LogP contribution in [0.1, 0.15) is 204 Å². The van der Waals surface area contributed by atoms with Crippen molar-refractivity contribution in [3.63, 3.8) is 0 Å². The first-order chi connectivity index (χ1) is 31.4. The van der Waals surface area contributed by atoms with E-state index in [2.05, 4.69) is 135 Å². The fourth-order valence-electron chi connectivity index (χ4n) is 8.80. The second-order valence-corrected chi connectivity index (χ2v) is 19.9.